The molecule has 2 aliphatic rings. The summed E-state index contributed by atoms with van der Waals surface area (Å²) in [5, 5.41) is 9.59. The second-order valence-electron chi connectivity index (χ2n) is 10.8. The van der Waals surface area contributed by atoms with Crippen molar-refractivity contribution in [3.8, 4) is 5.75 Å². The summed E-state index contributed by atoms with van der Waals surface area (Å²) in [6.07, 6.45) is 16.2. The molecule has 0 aliphatic heterocycles. The molecule has 0 saturated heterocycles. The molecule has 4 rings (SSSR count). The molecule has 0 bridgehead atoms. The first-order chi connectivity index (χ1) is 17.9. The highest BCUT2D eigenvalue weighted by atomic mass is 16.3. The normalized spacial score (nSPS) is 22.2. The van der Waals surface area contributed by atoms with Crippen molar-refractivity contribution in [1.29, 1.82) is 0 Å². The van der Waals surface area contributed by atoms with Crippen LogP contribution in [0.1, 0.15) is 87.5 Å². The fraction of sp³-hybridized carbons (Fsp3) is 0.412. The number of rotatable bonds is 10. The Hall–Kier alpha value is -3.20. The minimum Gasteiger partial charge on any atom is -0.508 e. The summed E-state index contributed by atoms with van der Waals surface area (Å²) in [5.74, 6) is 2.14. The van der Waals surface area contributed by atoms with E-state index in [1.165, 1.54) is 11.1 Å². The zero-order valence-corrected chi connectivity index (χ0v) is 22.5. The quantitative estimate of drug-likeness (QED) is 0.268. The van der Waals surface area contributed by atoms with Crippen LogP contribution >= 0.6 is 0 Å². The summed E-state index contributed by atoms with van der Waals surface area (Å²) in [6.45, 7) is 6.08. The van der Waals surface area contributed by atoms with Crippen molar-refractivity contribution in [3.05, 3.63) is 94.6 Å². The summed E-state index contributed by atoms with van der Waals surface area (Å²) < 4.78 is 0. The molecule has 2 aliphatic carbocycles. The Balaban J connectivity index is 1.31. The van der Waals surface area contributed by atoms with E-state index >= 15 is 0 Å². The van der Waals surface area contributed by atoms with Crippen molar-refractivity contribution < 1.29 is 14.7 Å². The van der Waals surface area contributed by atoms with Gasteiger partial charge in [-0.3, -0.25) is 9.59 Å². The summed E-state index contributed by atoms with van der Waals surface area (Å²) in [6, 6.07) is 13.8. The Bertz CT molecular complexity index is 1190. The number of benzene rings is 2. The van der Waals surface area contributed by atoms with Crippen LogP contribution in [0, 0.1) is 17.8 Å². The fourth-order valence-corrected chi connectivity index (χ4v) is 6.17. The lowest BCUT2D eigenvalue weighted by Gasteiger charge is -2.33. The molecule has 2 unspecified atom stereocenters. The molecule has 2 atom stereocenters. The molecule has 1 saturated carbocycles. The van der Waals surface area contributed by atoms with Gasteiger partial charge in [0.15, 0.2) is 5.78 Å². The molecule has 3 heteroatoms. The van der Waals surface area contributed by atoms with Crippen molar-refractivity contribution in [3.63, 3.8) is 0 Å². The van der Waals surface area contributed by atoms with Gasteiger partial charge in [0.2, 0.25) is 0 Å². The summed E-state index contributed by atoms with van der Waals surface area (Å²) >= 11 is 0. The SMILES string of the molecule is CC=CC=C(C)C(=O)C1CCC(C(CC)CC(=O)Cc2ccc3c(c2)C=CC3c2ccc(O)cc2)CC1. The van der Waals surface area contributed by atoms with Gasteiger partial charge in [0.05, 0.1) is 0 Å². The smallest absolute Gasteiger partial charge is 0.161 e. The van der Waals surface area contributed by atoms with Crippen LogP contribution in [0.25, 0.3) is 6.08 Å². The first-order valence-corrected chi connectivity index (χ1v) is 13.8. The monoisotopic (exact) mass is 496 g/mol. The zero-order valence-electron chi connectivity index (χ0n) is 22.5. The number of ketones is 2. The Labute approximate surface area is 222 Å². The predicted octanol–water partition coefficient (Wildman–Crippen LogP) is 7.98. The molecule has 1 N–H and O–H groups in total. The molecule has 3 nitrogen and oxygen atoms in total. The van der Waals surface area contributed by atoms with Crippen molar-refractivity contribution in [2.24, 2.45) is 17.8 Å². The Kier molecular flexibility index (Phi) is 8.97. The van der Waals surface area contributed by atoms with Crippen LogP contribution < -0.4 is 0 Å². The number of aromatic hydroxyl groups is 1. The van der Waals surface area contributed by atoms with Gasteiger partial charge >= 0.3 is 0 Å². The van der Waals surface area contributed by atoms with Crippen LogP contribution in [-0.4, -0.2) is 16.7 Å². The van der Waals surface area contributed by atoms with Crippen LogP contribution in [-0.2, 0) is 16.0 Å². The standard InChI is InChI=1S/C34H40O3/c1-4-6-7-23(3)34(37)28-11-9-26(10-12-28)25(5-2)22-31(36)21-24-8-18-33-29(20-24)15-19-32(33)27-13-16-30(35)17-14-27/h4,6-8,13-20,25-26,28,32,35H,5,9-12,21-22H2,1-3H3. The first-order valence-electron chi connectivity index (χ1n) is 13.8. The fourth-order valence-electron chi connectivity index (χ4n) is 6.17. The van der Waals surface area contributed by atoms with Crippen LogP contribution in [0.3, 0.4) is 0 Å². The molecule has 0 spiro atoms. The van der Waals surface area contributed by atoms with E-state index in [0.29, 0.717) is 36.2 Å². The third kappa shape index (κ3) is 6.57. The maximum Gasteiger partial charge on any atom is 0.161 e. The van der Waals surface area contributed by atoms with Gasteiger partial charge in [-0.25, -0.2) is 0 Å². The van der Waals surface area contributed by atoms with Gasteiger partial charge in [-0.1, -0.05) is 74.1 Å². The topological polar surface area (TPSA) is 54.4 Å². The molecule has 0 amide bonds. The largest absolute Gasteiger partial charge is 0.508 e. The van der Waals surface area contributed by atoms with Crippen molar-refractivity contribution in [2.75, 3.05) is 0 Å². The van der Waals surface area contributed by atoms with Gasteiger partial charge in [-0.2, -0.15) is 0 Å². The first kappa shape index (κ1) is 26.9. The van der Waals surface area contributed by atoms with E-state index in [2.05, 4.69) is 37.3 Å². The number of hydrogen-bond donors (Lipinski definition) is 1. The minimum absolute atomic E-state index is 0.135. The van der Waals surface area contributed by atoms with Gasteiger partial charge < -0.3 is 5.11 Å². The van der Waals surface area contributed by atoms with E-state index in [1.807, 2.05) is 44.2 Å². The number of carbonyl (C=O) groups excluding carboxylic acids is 2. The molecular formula is C34H40O3. The number of phenols is 1. The lowest BCUT2D eigenvalue weighted by Crippen LogP contribution is -2.27. The molecule has 0 radical (unpaired) electrons. The number of Topliss-reactive ketones (excluding diaryl/α,β-unsaturated/α-hetero) is 2. The van der Waals surface area contributed by atoms with Gasteiger partial charge in [-0.15, -0.1) is 0 Å². The van der Waals surface area contributed by atoms with E-state index < -0.39 is 0 Å². The maximum absolute atomic E-state index is 13.1. The van der Waals surface area contributed by atoms with E-state index in [-0.39, 0.29) is 17.6 Å². The zero-order chi connectivity index (χ0) is 26.4. The molecule has 37 heavy (non-hydrogen) atoms. The molecule has 0 heterocycles. The van der Waals surface area contributed by atoms with E-state index in [0.717, 1.165) is 48.8 Å². The van der Waals surface area contributed by atoms with Crippen LogP contribution in [0.15, 0.2) is 72.3 Å². The molecule has 0 aromatic heterocycles. The minimum atomic E-state index is 0.135. The highest BCUT2D eigenvalue weighted by Crippen LogP contribution is 2.39. The maximum atomic E-state index is 13.1. The highest BCUT2D eigenvalue weighted by molar-refractivity contribution is 5.96. The lowest BCUT2D eigenvalue weighted by molar-refractivity contribution is -0.122. The van der Waals surface area contributed by atoms with E-state index in [1.54, 1.807) is 12.1 Å². The molecule has 1 fully saturated rings. The van der Waals surface area contributed by atoms with Gasteiger partial charge in [0, 0.05) is 24.7 Å². The number of allylic oxidation sites excluding steroid dienone is 5. The Morgan fingerprint density at radius 3 is 2.46 bits per heavy atom. The number of phenolic OH excluding ortho intramolecular Hbond substituents is 1. The molecule has 2 aromatic rings. The Morgan fingerprint density at radius 2 is 1.78 bits per heavy atom. The second kappa shape index (κ2) is 12.4. The molecule has 194 valence electrons. The summed E-state index contributed by atoms with van der Waals surface area (Å²) in [4.78, 5) is 25.8. The second-order valence-corrected chi connectivity index (χ2v) is 10.8. The third-order valence-corrected chi connectivity index (χ3v) is 8.36. The average molecular weight is 497 g/mol. The van der Waals surface area contributed by atoms with E-state index in [4.69, 9.17) is 0 Å². The van der Waals surface area contributed by atoms with Crippen LogP contribution in [0.5, 0.6) is 5.75 Å². The molecule has 2 aromatic carbocycles. The van der Waals surface area contributed by atoms with Crippen LogP contribution in [0.2, 0.25) is 0 Å². The number of hydrogen-bond acceptors (Lipinski definition) is 3. The number of fused-ring (bicyclic) bond motifs is 1. The van der Waals surface area contributed by atoms with Gasteiger partial charge in [0.1, 0.15) is 11.5 Å². The van der Waals surface area contributed by atoms with E-state index in [9.17, 15) is 14.7 Å². The van der Waals surface area contributed by atoms with Crippen LogP contribution in [0.4, 0.5) is 0 Å². The van der Waals surface area contributed by atoms with Gasteiger partial charge in [0.25, 0.3) is 0 Å². The summed E-state index contributed by atoms with van der Waals surface area (Å²) in [5.41, 5.74) is 5.50. The highest BCUT2D eigenvalue weighted by Gasteiger charge is 2.31. The third-order valence-electron chi connectivity index (χ3n) is 8.36. The Morgan fingerprint density at radius 1 is 1.05 bits per heavy atom. The molecular weight excluding hydrogens is 456 g/mol. The van der Waals surface area contributed by atoms with Crippen molar-refractivity contribution in [1.82, 2.24) is 0 Å². The average Bonchev–Trinajstić information content (AvgIpc) is 3.33. The van der Waals surface area contributed by atoms with Crippen molar-refractivity contribution in [2.45, 2.75) is 71.6 Å². The number of carbonyl (C=O) groups is 2. The van der Waals surface area contributed by atoms with Gasteiger partial charge in [-0.05, 0) is 91.3 Å². The summed E-state index contributed by atoms with van der Waals surface area (Å²) in [7, 11) is 0. The predicted molar refractivity (Wildman–Crippen MR) is 152 cm³/mol. The lowest BCUT2D eigenvalue weighted by atomic mass is 9.71. The van der Waals surface area contributed by atoms with Crippen molar-refractivity contribution >= 4 is 17.6 Å².